The van der Waals surface area contributed by atoms with Gasteiger partial charge in [-0.3, -0.25) is 0 Å². The summed E-state index contributed by atoms with van der Waals surface area (Å²) in [5.74, 6) is 4.98. The lowest BCUT2D eigenvalue weighted by Crippen LogP contribution is -2.04. The van der Waals surface area contributed by atoms with Crippen LogP contribution in [0.15, 0.2) is 48.5 Å². The zero-order valence-electron chi connectivity index (χ0n) is 24.0. The highest BCUT2D eigenvalue weighted by Crippen LogP contribution is 2.20. The Bertz CT molecular complexity index is 761. The molecule has 2 nitrogen and oxygen atoms in total. The SMILES string of the molecule is CC(C)CCCC(C)CCOc1ccc(/C=C/c2ccc(OCCC(C)CCCC(C)C)cc2)cc1. The van der Waals surface area contributed by atoms with E-state index in [1.807, 2.05) is 0 Å². The maximum Gasteiger partial charge on any atom is 0.119 e. The van der Waals surface area contributed by atoms with Crippen LogP contribution >= 0.6 is 0 Å². The van der Waals surface area contributed by atoms with E-state index in [9.17, 15) is 0 Å². The predicted octanol–water partition coefficient (Wildman–Crippen LogP) is 10.3. The molecular weight excluding hydrogens is 440 g/mol. The van der Waals surface area contributed by atoms with Gasteiger partial charge in [0.15, 0.2) is 0 Å². The van der Waals surface area contributed by atoms with Gasteiger partial charge in [-0.25, -0.2) is 0 Å². The molecule has 2 aromatic rings. The van der Waals surface area contributed by atoms with Gasteiger partial charge in [-0.2, -0.15) is 0 Å². The number of hydrogen-bond acceptors (Lipinski definition) is 2. The van der Waals surface area contributed by atoms with Crippen LogP contribution < -0.4 is 9.47 Å². The fraction of sp³-hybridized carbons (Fsp3) is 0.588. The molecular formula is C34H52O2. The molecule has 0 saturated carbocycles. The summed E-state index contributed by atoms with van der Waals surface area (Å²) < 4.78 is 11.9. The molecule has 0 amide bonds. The molecule has 2 unspecified atom stereocenters. The number of rotatable bonds is 18. The lowest BCUT2D eigenvalue weighted by atomic mass is 9.98. The summed E-state index contributed by atoms with van der Waals surface area (Å²) in [5.41, 5.74) is 2.35. The van der Waals surface area contributed by atoms with Crippen molar-refractivity contribution in [1.29, 1.82) is 0 Å². The third kappa shape index (κ3) is 13.8. The highest BCUT2D eigenvalue weighted by atomic mass is 16.5. The summed E-state index contributed by atoms with van der Waals surface area (Å²) in [6.45, 7) is 15.5. The smallest absolute Gasteiger partial charge is 0.119 e. The van der Waals surface area contributed by atoms with Crippen molar-refractivity contribution in [3.8, 4) is 11.5 Å². The minimum Gasteiger partial charge on any atom is -0.494 e. The molecule has 0 N–H and O–H groups in total. The van der Waals surface area contributed by atoms with Crippen LogP contribution in [0, 0.1) is 23.7 Å². The molecule has 0 saturated heterocycles. The van der Waals surface area contributed by atoms with E-state index in [-0.39, 0.29) is 0 Å². The molecule has 0 fully saturated rings. The van der Waals surface area contributed by atoms with Crippen LogP contribution in [-0.4, -0.2) is 13.2 Å². The van der Waals surface area contributed by atoms with Crippen molar-refractivity contribution >= 4 is 12.2 Å². The van der Waals surface area contributed by atoms with Gasteiger partial charge in [-0.1, -0.05) is 116 Å². The van der Waals surface area contributed by atoms with Crippen LogP contribution in [0.25, 0.3) is 12.2 Å². The lowest BCUT2D eigenvalue weighted by Gasteiger charge is -2.13. The molecule has 2 aromatic carbocycles. The maximum absolute atomic E-state index is 5.97. The lowest BCUT2D eigenvalue weighted by molar-refractivity contribution is 0.275. The van der Waals surface area contributed by atoms with Gasteiger partial charge in [-0.05, 0) is 71.9 Å². The van der Waals surface area contributed by atoms with Crippen molar-refractivity contribution < 1.29 is 9.47 Å². The van der Waals surface area contributed by atoms with E-state index in [1.165, 1.54) is 49.7 Å². The van der Waals surface area contributed by atoms with E-state index in [4.69, 9.17) is 9.47 Å². The van der Waals surface area contributed by atoms with Crippen molar-refractivity contribution in [3.05, 3.63) is 59.7 Å². The molecule has 0 radical (unpaired) electrons. The molecule has 0 aliphatic heterocycles. The van der Waals surface area contributed by atoms with Crippen LogP contribution in [0.2, 0.25) is 0 Å². The van der Waals surface area contributed by atoms with Crippen molar-refractivity contribution in [1.82, 2.24) is 0 Å². The Labute approximate surface area is 222 Å². The second kappa shape index (κ2) is 17.3. The molecule has 2 atom stereocenters. The van der Waals surface area contributed by atoms with Gasteiger partial charge < -0.3 is 9.47 Å². The van der Waals surface area contributed by atoms with E-state index >= 15 is 0 Å². The maximum atomic E-state index is 5.97. The highest BCUT2D eigenvalue weighted by Gasteiger charge is 2.05. The van der Waals surface area contributed by atoms with Gasteiger partial charge in [0.1, 0.15) is 11.5 Å². The summed E-state index contributed by atoms with van der Waals surface area (Å²) in [6.07, 6.45) is 14.5. The quantitative estimate of drug-likeness (QED) is 0.193. The van der Waals surface area contributed by atoms with Gasteiger partial charge in [0.05, 0.1) is 13.2 Å². The summed E-state index contributed by atoms with van der Waals surface area (Å²) >= 11 is 0. The molecule has 200 valence electrons. The van der Waals surface area contributed by atoms with Crippen LogP contribution in [0.3, 0.4) is 0 Å². The summed E-state index contributed by atoms with van der Waals surface area (Å²) in [4.78, 5) is 0. The molecule has 36 heavy (non-hydrogen) atoms. The second-order valence-electron chi connectivity index (χ2n) is 11.6. The van der Waals surface area contributed by atoms with Gasteiger partial charge >= 0.3 is 0 Å². The van der Waals surface area contributed by atoms with Gasteiger partial charge in [0.2, 0.25) is 0 Å². The largest absolute Gasteiger partial charge is 0.494 e. The number of ether oxygens (including phenoxy) is 2. The third-order valence-electron chi connectivity index (χ3n) is 6.94. The minimum atomic E-state index is 0.728. The van der Waals surface area contributed by atoms with Gasteiger partial charge in [0, 0.05) is 0 Å². The van der Waals surface area contributed by atoms with Gasteiger partial charge in [0.25, 0.3) is 0 Å². The topological polar surface area (TPSA) is 18.5 Å². The fourth-order valence-corrected chi connectivity index (χ4v) is 4.34. The molecule has 0 aromatic heterocycles. The number of benzene rings is 2. The van der Waals surface area contributed by atoms with Crippen LogP contribution in [-0.2, 0) is 0 Å². The Morgan fingerprint density at radius 2 is 0.861 bits per heavy atom. The average molecular weight is 493 g/mol. The van der Waals surface area contributed by atoms with Gasteiger partial charge in [-0.15, -0.1) is 0 Å². The summed E-state index contributed by atoms with van der Waals surface area (Å²) in [7, 11) is 0. The standard InChI is InChI=1S/C34H52O2/c1-27(2)9-7-11-29(5)23-25-35-33-19-15-31(16-20-33)13-14-32-17-21-34(22-18-32)36-26-24-30(6)12-8-10-28(3)4/h13-22,27-30H,7-12,23-26H2,1-6H3/b14-13+. The van der Waals surface area contributed by atoms with E-state index in [0.29, 0.717) is 0 Å². The Hall–Kier alpha value is -2.22. The first-order valence-electron chi connectivity index (χ1n) is 14.5. The zero-order chi connectivity index (χ0) is 26.2. The fourth-order valence-electron chi connectivity index (χ4n) is 4.34. The van der Waals surface area contributed by atoms with Crippen LogP contribution in [0.1, 0.15) is 104 Å². The molecule has 2 rings (SSSR count). The van der Waals surface area contributed by atoms with Crippen molar-refractivity contribution in [3.63, 3.8) is 0 Å². The first kappa shape index (κ1) is 30.0. The predicted molar refractivity (Wildman–Crippen MR) is 158 cm³/mol. The van der Waals surface area contributed by atoms with E-state index in [0.717, 1.165) is 61.2 Å². The summed E-state index contributed by atoms with van der Waals surface area (Å²) in [5, 5.41) is 0. The molecule has 0 bridgehead atoms. The Morgan fingerprint density at radius 1 is 0.500 bits per heavy atom. The molecule has 0 aliphatic carbocycles. The molecule has 0 aliphatic rings. The Morgan fingerprint density at radius 3 is 1.19 bits per heavy atom. The minimum absolute atomic E-state index is 0.728. The van der Waals surface area contributed by atoms with E-state index in [2.05, 4.69) is 102 Å². The molecule has 2 heteroatoms. The highest BCUT2D eigenvalue weighted by molar-refractivity contribution is 5.70. The van der Waals surface area contributed by atoms with Crippen molar-refractivity contribution in [2.75, 3.05) is 13.2 Å². The Balaban J connectivity index is 1.67. The van der Waals surface area contributed by atoms with Crippen molar-refractivity contribution in [2.45, 2.75) is 92.9 Å². The van der Waals surface area contributed by atoms with Crippen LogP contribution in [0.4, 0.5) is 0 Å². The monoisotopic (exact) mass is 492 g/mol. The summed E-state index contributed by atoms with van der Waals surface area (Å²) in [6, 6.07) is 16.8. The first-order valence-corrected chi connectivity index (χ1v) is 14.5. The van der Waals surface area contributed by atoms with E-state index in [1.54, 1.807) is 0 Å². The van der Waals surface area contributed by atoms with Crippen molar-refractivity contribution in [2.24, 2.45) is 23.7 Å². The normalized spacial score (nSPS) is 13.4. The average Bonchev–Trinajstić information content (AvgIpc) is 2.84. The Kier molecular flexibility index (Phi) is 14.4. The molecule has 0 spiro atoms. The second-order valence-corrected chi connectivity index (χ2v) is 11.6. The first-order chi connectivity index (χ1) is 17.3. The third-order valence-corrected chi connectivity index (χ3v) is 6.94. The zero-order valence-corrected chi connectivity index (χ0v) is 24.0. The van der Waals surface area contributed by atoms with Crippen LogP contribution in [0.5, 0.6) is 11.5 Å². The molecule has 0 heterocycles. The number of hydrogen-bond donors (Lipinski definition) is 0. The van der Waals surface area contributed by atoms with E-state index < -0.39 is 0 Å².